The van der Waals surface area contributed by atoms with Crippen LogP contribution in [-0.2, 0) is 64.4 Å². The number of nitrogens with zero attached hydrogens (tertiary/aromatic N) is 1. The summed E-state index contributed by atoms with van der Waals surface area (Å²) in [5, 5.41) is 11.0. The maximum atomic E-state index is 14.2. The zero-order valence-corrected chi connectivity index (χ0v) is 40.5. The van der Waals surface area contributed by atoms with E-state index in [1.165, 1.54) is 0 Å². The van der Waals surface area contributed by atoms with E-state index in [-0.39, 0.29) is 70.8 Å². The lowest BCUT2D eigenvalue weighted by atomic mass is 9.90. The molecule has 4 rings (SSSR count). The van der Waals surface area contributed by atoms with E-state index in [0.717, 1.165) is 16.7 Å². The molecule has 0 saturated carbocycles. The number of amidine groups is 1. The summed E-state index contributed by atoms with van der Waals surface area (Å²) in [6, 6.07) is 31.8. The summed E-state index contributed by atoms with van der Waals surface area (Å²) in [6.07, 6.45) is -1.80. The number of alkyl carbamates (subject to hydrolysis) is 3. The highest BCUT2D eigenvalue weighted by Gasteiger charge is 2.31. The van der Waals surface area contributed by atoms with E-state index in [2.05, 4.69) is 26.3 Å². The number of benzene rings is 4. The van der Waals surface area contributed by atoms with Crippen LogP contribution in [0.2, 0.25) is 5.02 Å². The lowest BCUT2D eigenvalue weighted by molar-refractivity contribution is -0.143. The Hall–Kier alpha value is -7.27. The van der Waals surface area contributed by atoms with E-state index in [1.807, 2.05) is 30.3 Å². The largest absolute Gasteiger partial charge is 0.460 e. The van der Waals surface area contributed by atoms with Crippen molar-refractivity contribution in [3.63, 3.8) is 0 Å². The fourth-order valence-electron chi connectivity index (χ4n) is 6.81. The topological polar surface area (TPSA) is 243 Å². The molecular weight excluding hydrogens is 920 g/mol. The minimum atomic E-state index is -1.16. The lowest BCUT2D eigenvalue weighted by Gasteiger charge is -2.25. The number of primary amides is 1. The maximum absolute atomic E-state index is 14.2. The normalized spacial score (nSPS) is 12.5. The predicted octanol–water partition coefficient (Wildman–Crippen LogP) is 7.66. The Morgan fingerprint density at radius 1 is 0.643 bits per heavy atom. The molecule has 0 saturated heterocycles. The molecule has 18 heteroatoms. The Morgan fingerprint density at radius 3 is 1.83 bits per heavy atom. The minimum Gasteiger partial charge on any atom is -0.460 e. The number of hydrogen-bond donors (Lipinski definition) is 5. The molecule has 0 spiro atoms. The lowest BCUT2D eigenvalue weighted by Crippen LogP contribution is -2.48. The van der Waals surface area contributed by atoms with E-state index in [4.69, 9.17) is 36.3 Å². The van der Waals surface area contributed by atoms with Crippen LogP contribution in [-0.4, -0.2) is 78.5 Å². The second-order valence-corrected chi connectivity index (χ2v) is 17.7. The fourth-order valence-corrected chi connectivity index (χ4v) is 7.00. The van der Waals surface area contributed by atoms with Gasteiger partial charge in [0.2, 0.25) is 11.8 Å². The van der Waals surface area contributed by atoms with Gasteiger partial charge in [-0.05, 0) is 82.1 Å². The second-order valence-electron chi connectivity index (χ2n) is 17.3. The van der Waals surface area contributed by atoms with Gasteiger partial charge in [0.1, 0.15) is 43.7 Å². The molecule has 0 fully saturated rings. The summed E-state index contributed by atoms with van der Waals surface area (Å²) in [5.41, 5.74) is 7.74. The van der Waals surface area contributed by atoms with Crippen molar-refractivity contribution in [1.82, 2.24) is 21.3 Å². The van der Waals surface area contributed by atoms with Gasteiger partial charge in [0, 0.05) is 36.0 Å². The number of Topliss-reactive ketones (excluding diaryl/α,β-unsaturated/α-hetero) is 1. The van der Waals surface area contributed by atoms with E-state index in [1.54, 1.807) is 106 Å². The molecule has 6 N–H and O–H groups in total. The average molecular weight is 984 g/mol. The molecule has 4 aromatic rings. The van der Waals surface area contributed by atoms with E-state index in [0.29, 0.717) is 23.4 Å². The van der Waals surface area contributed by atoms with Gasteiger partial charge < -0.3 is 40.6 Å². The van der Waals surface area contributed by atoms with Gasteiger partial charge >= 0.3 is 24.2 Å². The van der Waals surface area contributed by atoms with Crippen LogP contribution in [0.25, 0.3) is 0 Å². The van der Waals surface area contributed by atoms with Gasteiger partial charge in [-0.1, -0.05) is 121 Å². The average Bonchev–Trinajstić information content (AvgIpc) is 3.32. The van der Waals surface area contributed by atoms with E-state index in [9.17, 15) is 33.6 Å². The molecule has 0 aliphatic rings. The minimum absolute atomic E-state index is 0.00217. The molecule has 5 amide bonds. The summed E-state index contributed by atoms with van der Waals surface area (Å²) < 4.78 is 21.5. The van der Waals surface area contributed by atoms with E-state index >= 15 is 0 Å². The Balaban J connectivity index is 1.42. The van der Waals surface area contributed by atoms with Gasteiger partial charge in [0.25, 0.3) is 0 Å². The number of ketones is 1. The smallest absolute Gasteiger partial charge is 0.412 e. The summed E-state index contributed by atoms with van der Waals surface area (Å²) >= 11 is 6.13. The first kappa shape index (κ1) is 55.3. The van der Waals surface area contributed by atoms with Crippen molar-refractivity contribution in [2.24, 2.45) is 16.6 Å². The number of unbranched alkanes of at least 4 members (excludes halogenated alkanes) is 1. The number of esters is 1. The number of nitrogens with one attached hydrogen (secondary N) is 4. The summed E-state index contributed by atoms with van der Waals surface area (Å²) in [5.74, 6) is -3.57. The van der Waals surface area contributed by atoms with Gasteiger partial charge in [-0.15, -0.1) is 0 Å². The van der Waals surface area contributed by atoms with Crippen molar-refractivity contribution < 1.29 is 52.5 Å². The number of carbonyl (C=O) groups is 7. The molecule has 3 atom stereocenters. The van der Waals surface area contributed by atoms with Gasteiger partial charge in [0.15, 0.2) is 5.78 Å². The SMILES string of the molecule is CC(C)(C)OC(=O)N[C@H](CCCN=C(CC(=O)OCc1ccccc1)NC(=O)OCc1ccccc1)C(=O)C[C@@H](Cc1ccccc1)C(=O)N[C@@H](CCCCNC(=O)OCc1ccccc1Cl)C(N)=O. The van der Waals surface area contributed by atoms with Crippen LogP contribution >= 0.6 is 11.6 Å². The Bertz CT molecular complexity index is 2290. The quantitative estimate of drug-likeness (QED) is 0.0134. The van der Waals surface area contributed by atoms with Crippen LogP contribution in [0.5, 0.6) is 0 Å². The van der Waals surface area contributed by atoms with Crippen molar-refractivity contribution >= 4 is 59.3 Å². The predicted molar refractivity (Wildman–Crippen MR) is 263 cm³/mol. The van der Waals surface area contributed by atoms with Crippen LogP contribution in [0.3, 0.4) is 0 Å². The Morgan fingerprint density at radius 2 is 1.21 bits per heavy atom. The van der Waals surface area contributed by atoms with Crippen molar-refractivity contribution in [3.8, 4) is 0 Å². The zero-order valence-electron chi connectivity index (χ0n) is 39.8. The number of halogens is 1. The van der Waals surface area contributed by atoms with Crippen molar-refractivity contribution in [3.05, 3.63) is 143 Å². The molecule has 0 aromatic heterocycles. The van der Waals surface area contributed by atoms with Crippen molar-refractivity contribution in [2.45, 2.75) is 110 Å². The van der Waals surface area contributed by atoms with Gasteiger partial charge in [-0.2, -0.15) is 0 Å². The molecule has 0 aliphatic heterocycles. The molecule has 4 aromatic carbocycles. The molecule has 0 radical (unpaired) electrons. The first-order valence-corrected chi connectivity index (χ1v) is 23.4. The number of rotatable bonds is 26. The maximum Gasteiger partial charge on any atom is 0.412 e. The third-order valence-corrected chi connectivity index (χ3v) is 10.7. The standard InChI is InChI=1S/C52H63ClN6O11/c1-52(2,3)70-51(66)58-42(27-17-29-55-45(32-46(61)67-33-37-20-9-5-10-21-37)59-50(65)68-34-38-22-11-6-12-23-38)44(60)31-40(30-36-18-7-4-8-19-36)48(63)57-43(47(54)62)26-15-16-28-56-49(64)69-35-39-24-13-14-25-41(39)53/h4-14,18-25,40,42-43H,15-17,26-35H2,1-3H3,(H2,54,62)(H,56,64)(H,57,63)(H,58,66)(H,55,59,65)/t40-,42-,43+/m1/s1. The van der Waals surface area contributed by atoms with Crippen molar-refractivity contribution in [1.29, 1.82) is 0 Å². The molecule has 374 valence electrons. The summed E-state index contributed by atoms with van der Waals surface area (Å²) in [6.45, 7) is 5.20. The number of nitrogens with two attached hydrogens (primary N) is 1. The van der Waals surface area contributed by atoms with Crippen LogP contribution in [0.15, 0.2) is 120 Å². The number of carbonyl (C=O) groups excluding carboxylic acids is 7. The van der Waals surface area contributed by atoms with Crippen LogP contribution in [0.4, 0.5) is 14.4 Å². The Labute approximate surface area is 413 Å². The highest BCUT2D eigenvalue weighted by Crippen LogP contribution is 2.19. The number of aliphatic imine (C=N–C) groups is 1. The van der Waals surface area contributed by atoms with Crippen LogP contribution < -0.4 is 27.0 Å². The van der Waals surface area contributed by atoms with E-state index < -0.39 is 71.9 Å². The first-order chi connectivity index (χ1) is 33.5. The molecule has 0 heterocycles. The second kappa shape index (κ2) is 29.6. The first-order valence-electron chi connectivity index (χ1n) is 23.0. The van der Waals surface area contributed by atoms with Gasteiger partial charge in [-0.3, -0.25) is 29.5 Å². The molecular formula is C52H63ClN6O11. The monoisotopic (exact) mass is 982 g/mol. The zero-order chi connectivity index (χ0) is 50.7. The molecule has 0 aliphatic carbocycles. The molecule has 70 heavy (non-hydrogen) atoms. The van der Waals surface area contributed by atoms with Crippen LogP contribution in [0, 0.1) is 5.92 Å². The van der Waals surface area contributed by atoms with Gasteiger partial charge in [-0.25, -0.2) is 14.4 Å². The third-order valence-electron chi connectivity index (χ3n) is 10.4. The molecule has 0 unspecified atom stereocenters. The highest BCUT2D eigenvalue weighted by atomic mass is 35.5. The highest BCUT2D eigenvalue weighted by molar-refractivity contribution is 6.31. The van der Waals surface area contributed by atoms with Gasteiger partial charge in [0.05, 0.1) is 6.04 Å². The Kier molecular flexibility index (Phi) is 23.4. The number of amides is 5. The number of hydrogen-bond acceptors (Lipinski definition) is 12. The summed E-state index contributed by atoms with van der Waals surface area (Å²) in [4.78, 5) is 96.5. The number of ether oxygens (including phenoxy) is 4. The fraction of sp³-hybridized carbons (Fsp3) is 0.385. The van der Waals surface area contributed by atoms with Crippen molar-refractivity contribution in [2.75, 3.05) is 13.1 Å². The third kappa shape index (κ3) is 22.2. The molecule has 0 bridgehead atoms. The molecule has 17 nitrogen and oxygen atoms in total. The van der Waals surface area contributed by atoms with Crippen LogP contribution in [0.1, 0.15) is 88.0 Å². The summed E-state index contributed by atoms with van der Waals surface area (Å²) in [7, 11) is 0.